The standard InChI is InChI=1S/C22H16Cl2N2O6S2/c1-2-32-22(29)16-9-12(11-26-20(27)14-5-3-4-6-15(14)21(26)28)33-19(16)25-34(30,31)13-7-8-17(23)18(24)10-13/h3-10,25H,2,11H2,1H3. The van der Waals surface area contributed by atoms with Crippen LogP contribution in [0.2, 0.25) is 10.0 Å². The van der Waals surface area contributed by atoms with E-state index in [4.69, 9.17) is 27.9 Å². The van der Waals surface area contributed by atoms with Crippen LogP contribution in [-0.2, 0) is 21.3 Å². The van der Waals surface area contributed by atoms with Crippen LogP contribution < -0.4 is 4.72 Å². The number of thiophene rings is 1. The van der Waals surface area contributed by atoms with Crippen molar-refractivity contribution in [1.82, 2.24) is 4.90 Å². The predicted molar refractivity (Wildman–Crippen MR) is 128 cm³/mol. The van der Waals surface area contributed by atoms with Gasteiger partial charge in [-0.25, -0.2) is 13.2 Å². The normalized spacial score (nSPS) is 13.2. The number of nitrogens with one attached hydrogen (secondary N) is 1. The van der Waals surface area contributed by atoms with Crippen LogP contribution in [-0.4, -0.2) is 37.7 Å². The molecule has 0 aliphatic carbocycles. The summed E-state index contributed by atoms with van der Waals surface area (Å²) in [5.41, 5.74) is 0.535. The van der Waals surface area contributed by atoms with Gasteiger partial charge in [0.2, 0.25) is 0 Å². The Hall–Kier alpha value is -2.92. The maximum Gasteiger partial charge on any atom is 0.341 e. The Morgan fingerprint density at radius 1 is 1.03 bits per heavy atom. The lowest BCUT2D eigenvalue weighted by molar-refractivity contribution is 0.0527. The molecule has 0 spiro atoms. The molecule has 0 radical (unpaired) electrons. The van der Waals surface area contributed by atoms with Crippen molar-refractivity contribution >= 4 is 67.3 Å². The maximum atomic E-state index is 12.9. The molecule has 2 aromatic carbocycles. The molecule has 0 fully saturated rings. The predicted octanol–water partition coefficient (Wildman–Crippen LogP) is 4.83. The van der Waals surface area contributed by atoms with Crippen LogP contribution in [0.5, 0.6) is 0 Å². The summed E-state index contributed by atoms with van der Waals surface area (Å²) in [7, 11) is -4.14. The van der Waals surface area contributed by atoms with Crippen molar-refractivity contribution in [3.05, 3.63) is 80.1 Å². The molecular weight excluding hydrogens is 523 g/mol. The van der Waals surface area contributed by atoms with E-state index < -0.39 is 27.8 Å². The number of sulfonamides is 1. The second-order valence-electron chi connectivity index (χ2n) is 7.10. The van der Waals surface area contributed by atoms with E-state index in [0.717, 1.165) is 16.2 Å². The first-order valence-electron chi connectivity index (χ1n) is 9.85. The molecule has 3 aromatic rings. The molecule has 1 N–H and O–H groups in total. The fraction of sp³-hybridized carbons (Fsp3) is 0.136. The number of halogens is 2. The van der Waals surface area contributed by atoms with E-state index in [1.165, 1.54) is 24.3 Å². The molecule has 176 valence electrons. The Balaban J connectivity index is 1.66. The van der Waals surface area contributed by atoms with Crippen LogP contribution in [0.4, 0.5) is 5.00 Å². The number of nitrogens with zero attached hydrogens (tertiary/aromatic N) is 1. The number of ether oxygens (including phenoxy) is 1. The minimum absolute atomic E-state index is 0.0175. The van der Waals surface area contributed by atoms with Crippen LogP contribution in [0.3, 0.4) is 0 Å². The zero-order chi connectivity index (χ0) is 24.6. The first kappa shape index (κ1) is 24.2. The van der Waals surface area contributed by atoms with Gasteiger partial charge in [0, 0.05) is 4.88 Å². The molecule has 2 heterocycles. The summed E-state index contributed by atoms with van der Waals surface area (Å²) < 4.78 is 33.3. The lowest BCUT2D eigenvalue weighted by Gasteiger charge is -2.12. The third-order valence-corrected chi connectivity index (χ3v) is 8.15. The minimum atomic E-state index is -4.14. The summed E-state index contributed by atoms with van der Waals surface area (Å²) in [6.45, 7) is 1.54. The number of hydrogen-bond acceptors (Lipinski definition) is 7. The molecule has 4 rings (SSSR count). The van der Waals surface area contributed by atoms with Crippen molar-refractivity contribution in [2.24, 2.45) is 0 Å². The van der Waals surface area contributed by atoms with Gasteiger partial charge in [-0.15, -0.1) is 11.3 Å². The highest BCUT2D eigenvalue weighted by molar-refractivity contribution is 7.93. The number of hydrogen-bond donors (Lipinski definition) is 1. The number of carbonyl (C=O) groups is 3. The van der Waals surface area contributed by atoms with E-state index in [9.17, 15) is 22.8 Å². The van der Waals surface area contributed by atoms with Gasteiger partial charge in [-0.3, -0.25) is 19.2 Å². The highest BCUT2D eigenvalue weighted by Gasteiger charge is 2.36. The van der Waals surface area contributed by atoms with Crippen molar-refractivity contribution in [2.45, 2.75) is 18.4 Å². The quantitative estimate of drug-likeness (QED) is 0.340. The molecule has 34 heavy (non-hydrogen) atoms. The molecule has 0 atom stereocenters. The number of anilines is 1. The molecule has 1 aliphatic heterocycles. The van der Waals surface area contributed by atoms with E-state index in [0.29, 0.717) is 4.88 Å². The molecule has 1 aliphatic rings. The largest absolute Gasteiger partial charge is 0.462 e. The molecule has 12 heteroatoms. The number of esters is 1. The number of fused-ring (bicyclic) bond motifs is 1. The monoisotopic (exact) mass is 538 g/mol. The van der Waals surface area contributed by atoms with E-state index in [2.05, 4.69) is 4.72 Å². The Morgan fingerprint density at radius 2 is 1.68 bits per heavy atom. The third-order valence-electron chi connectivity index (χ3n) is 4.90. The molecule has 0 bridgehead atoms. The second kappa shape index (κ2) is 9.38. The summed E-state index contributed by atoms with van der Waals surface area (Å²) in [6, 6.07) is 11.6. The zero-order valence-electron chi connectivity index (χ0n) is 17.5. The highest BCUT2D eigenvalue weighted by Crippen LogP contribution is 2.34. The average Bonchev–Trinajstić information content (AvgIpc) is 3.30. The first-order chi connectivity index (χ1) is 16.1. The van der Waals surface area contributed by atoms with Crippen LogP contribution in [0.15, 0.2) is 53.4 Å². The van der Waals surface area contributed by atoms with Crippen molar-refractivity contribution in [3.63, 3.8) is 0 Å². The molecule has 0 saturated heterocycles. The lowest BCUT2D eigenvalue weighted by atomic mass is 10.1. The summed E-state index contributed by atoms with van der Waals surface area (Å²) in [5, 5.41) is 0.218. The minimum Gasteiger partial charge on any atom is -0.462 e. The van der Waals surface area contributed by atoms with Gasteiger partial charge >= 0.3 is 5.97 Å². The molecular formula is C22H16Cl2N2O6S2. The van der Waals surface area contributed by atoms with Crippen LogP contribution in [0.1, 0.15) is 42.9 Å². The molecule has 0 unspecified atom stereocenters. The number of imide groups is 1. The van der Waals surface area contributed by atoms with Crippen molar-refractivity contribution in [3.8, 4) is 0 Å². The molecule has 1 aromatic heterocycles. The molecule has 0 saturated carbocycles. The van der Waals surface area contributed by atoms with Crippen molar-refractivity contribution in [2.75, 3.05) is 11.3 Å². The van der Waals surface area contributed by atoms with E-state index >= 15 is 0 Å². The van der Waals surface area contributed by atoms with Crippen LogP contribution in [0, 0.1) is 0 Å². The van der Waals surface area contributed by atoms with Gasteiger partial charge in [0.25, 0.3) is 21.8 Å². The van der Waals surface area contributed by atoms with E-state index in [1.54, 1.807) is 31.2 Å². The van der Waals surface area contributed by atoms with E-state index in [1.807, 2.05) is 0 Å². The fourth-order valence-corrected chi connectivity index (χ4v) is 6.06. The Morgan fingerprint density at radius 3 is 2.26 bits per heavy atom. The Bertz CT molecular complexity index is 1400. The molecule has 2 amide bonds. The average molecular weight is 539 g/mol. The van der Waals surface area contributed by atoms with Gasteiger partial charge < -0.3 is 4.74 Å². The highest BCUT2D eigenvalue weighted by atomic mass is 35.5. The Kier molecular flexibility index (Phi) is 6.68. The van der Waals surface area contributed by atoms with Gasteiger partial charge in [0.1, 0.15) is 5.00 Å². The Labute approximate surface area is 209 Å². The molecule has 8 nitrogen and oxygen atoms in total. The zero-order valence-corrected chi connectivity index (χ0v) is 20.6. The van der Waals surface area contributed by atoms with Crippen LogP contribution in [0.25, 0.3) is 0 Å². The fourth-order valence-electron chi connectivity index (χ4n) is 3.32. The van der Waals surface area contributed by atoms with Gasteiger partial charge in [-0.2, -0.15) is 0 Å². The topological polar surface area (TPSA) is 110 Å². The maximum absolute atomic E-state index is 12.9. The summed E-state index contributed by atoms with van der Waals surface area (Å²) in [5.74, 6) is -1.69. The van der Waals surface area contributed by atoms with Crippen molar-refractivity contribution in [1.29, 1.82) is 0 Å². The summed E-state index contributed by atoms with van der Waals surface area (Å²) >= 11 is 12.7. The number of amides is 2. The van der Waals surface area contributed by atoms with Crippen LogP contribution >= 0.6 is 34.5 Å². The van der Waals surface area contributed by atoms with E-state index in [-0.39, 0.29) is 49.8 Å². The lowest BCUT2D eigenvalue weighted by Crippen LogP contribution is -2.28. The number of carbonyl (C=O) groups excluding carboxylic acids is 3. The smallest absolute Gasteiger partial charge is 0.341 e. The van der Waals surface area contributed by atoms with Gasteiger partial charge in [-0.05, 0) is 43.3 Å². The summed E-state index contributed by atoms with van der Waals surface area (Å²) in [4.78, 5) is 39.2. The summed E-state index contributed by atoms with van der Waals surface area (Å²) in [6.07, 6.45) is 0. The number of benzene rings is 2. The third kappa shape index (κ3) is 4.54. The SMILES string of the molecule is CCOC(=O)c1cc(CN2C(=O)c3ccccc3C2=O)sc1NS(=O)(=O)c1ccc(Cl)c(Cl)c1. The number of rotatable bonds is 7. The second-order valence-corrected chi connectivity index (χ2v) is 10.7. The van der Waals surface area contributed by atoms with Gasteiger partial charge in [0.15, 0.2) is 0 Å². The van der Waals surface area contributed by atoms with Gasteiger partial charge in [-0.1, -0.05) is 35.3 Å². The van der Waals surface area contributed by atoms with Crippen molar-refractivity contribution < 1.29 is 27.5 Å². The van der Waals surface area contributed by atoms with Gasteiger partial charge in [0.05, 0.1) is 44.8 Å². The first-order valence-corrected chi connectivity index (χ1v) is 12.9.